The largest absolute Gasteiger partial charge is 0.493 e. The number of epoxide rings is 1. The molecule has 1 heterocycles. The van der Waals surface area contributed by atoms with Gasteiger partial charge in [0.15, 0.2) is 0 Å². The summed E-state index contributed by atoms with van der Waals surface area (Å²) in [7, 11) is 1.43. The molecule has 1 N–H and O–H groups in total. The topological polar surface area (TPSA) is 95.6 Å². The zero-order valence-corrected chi connectivity index (χ0v) is 27.6. The summed E-state index contributed by atoms with van der Waals surface area (Å²) in [4.78, 5) is 24.4. The predicted octanol–water partition coefficient (Wildman–Crippen LogP) is 7.45. The highest BCUT2D eigenvalue weighted by atomic mass is 16.6. The predicted molar refractivity (Wildman–Crippen MR) is 183 cm³/mol. The summed E-state index contributed by atoms with van der Waals surface area (Å²) in [5, 5.41) is 3.52. The van der Waals surface area contributed by atoms with E-state index in [-0.39, 0.29) is 36.2 Å². The highest BCUT2D eigenvalue weighted by molar-refractivity contribution is 5.90. The highest BCUT2D eigenvalue weighted by Crippen LogP contribution is 2.43. The molecule has 1 aliphatic heterocycles. The van der Waals surface area contributed by atoms with Crippen LogP contribution in [0.1, 0.15) is 65.8 Å². The lowest BCUT2D eigenvalue weighted by atomic mass is 10.0. The second-order valence-electron chi connectivity index (χ2n) is 12.3. The van der Waals surface area contributed by atoms with Crippen LogP contribution in [-0.2, 0) is 32.0 Å². The van der Waals surface area contributed by atoms with Gasteiger partial charge in [-0.25, -0.2) is 4.79 Å². The van der Waals surface area contributed by atoms with Crippen molar-refractivity contribution in [3.8, 4) is 22.6 Å². The standard InChI is InChI=1S/C40H43NO7/c1-3-45-40(43)32-18-22-36(35(25-32)37-38(48-37)41-33-19-17-31(24-33)39(42)44-2)46-23-7-8-27-13-20-34(21-14-27)47-26-28-11-15-30(16-12-28)29-9-5-4-6-10-29/h4-6,9-16,18,20-22,25,31,33,37-38,41H,3,7-8,17,19,23-24,26H2,1-2H3/t31-,33+,37?,38?/m1/s1. The summed E-state index contributed by atoms with van der Waals surface area (Å²) in [6, 6.07) is 32.6. The minimum absolute atomic E-state index is 0.0806. The van der Waals surface area contributed by atoms with Gasteiger partial charge in [0.25, 0.3) is 0 Å². The van der Waals surface area contributed by atoms with Crippen molar-refractivity contribution in [1.82, 2.24) is 5.32 Å². The van der Waals surface area contributed by atoms with Gasteiger partial charge in [-0.15, -0.1) is 0 Å². The molecule has 6 rings (SSSR count). The van der Waals surface area contributed by atoms with Crippen LogP contribution in [0.4, 0.5) is 0 Å². The maximum atomic E-state index is 12.5. The van der Waals surface area contributed by atoms with Crippen molar-refractivity contribution in [2.75, 3.05) is 20.3 Å². The molecule has 4 aromatic carbocycles. The Balaban J connectivity index is 0.984. The molecule has 2 fully saturated rings. The first-order valence-corrected chi connectivity index (χ1v) is 16.8. The van der Waals surface area contributed by atoms with Crippen LogP contribution < -0.4 is 14.8 Å². The third kappa shape index (κ3) is 8.62. The van der Waals surface area contributed by atoms with E-state index in [4.69, 9.17) is 23.7 Å². The first-order valence-electron chi connectivity index (χ1n) is 16.8. The van der Waals surface area contributed by atoms with Crippen LogP contribution in [0.2, 0.25) is 0 Å². The van der Waals surface area contributed by atoms with Gasteiger partial charge in [-0.3, -0.25) is 10.1 Å². The molecular weight excluding hydrogens is 606 g/mol. The molecule has 2 unspecified atom stereocenters. The molecule has 0 radical (unpaired) electrons. The van der Waals surface area contributed by atoms with Gasteiger partial charge in [-0.1, -0.05) is 66.7 Å². The van der Waals surface area contributed by atoms with Gasteiger partial charge in [0.05, 0.1) is 31.8 Å². The first kappa shape index (κ1) is 33.2. The molecule has 250 valence electrons. The minimum atomic E-state index is -0.374. The maximum absolute atomic E-state index is 12.5. The van der Waals surface area contributed by atoms with E-state index in [0.717, 1.165) is 49.0 Å². The molecule has 1 aliphatic carbocycles. The molecule has 4 aromatic rings. The number of esters is 2. The fourth-order valence-electron chi connectivity index (χ4n) is 6.27. The number of hydrogen-bond acceptors (Lipinski definition) is 8. The molecule has 0 amide bonds. The van der Waals surface area contributed by atoms with Gasteiger partial charge in [-0.2, -0.15) is 0 Å². The number of nitrogens with one attached hydrogen (secondary N) is 1. The number of methoxy groups -OCH3 is 1. The summed E-state index contributed by atoms with van der Waals surface area (Å²) >= 11 is 0. The summed E-state index contributed by atoms with van der Waals surface area (Å²) in [6.45, 7) is 3.11. The van der Waals surface area contributed by atoms with Crippen molar-refractivity contribution in [2.45, 2.75) is 64.0 Å². The lowest BCUT2D eigenvalue weighted by molar-refractivity contribution is -0.145. The molecule has 0 spiro atoms. The van der Waals surface area contributed by atoms with Gasteiger partial charge in [0.2, 0.25) is 0 Å². The Morgan fingerprint density at radius 2 is 1.60 bits per heavy atom. The van der Waals surface area contributed by atoms with E-state index in [1.54, 1.807) is 13.0 Å². The van der Waals surface area contributed by atoms with Crippen LogP contribution in [-0.4, -0.2) is 44.5 Å². The van der Waals surface area contributed by atoms with Gasteiger partial charge < -0.3 is 23.7 Å². The summed E-state index contributed by atoms with van der Waals surface area (Å²) in [5.41, 5.74) is 5.99. The van der Waals surface area contributed by atoms with Crippen LogP contribution in [0.3, 0.4) is 0 Å². The van der Waals surface area contributed by atoms with E-state index < -0.39 is 0 Å². The maximum Gasteiger partial charge on any atom is 0.338 e. The number of rotatable bonds is 15. The Kier molecular flexibility index (Phi) is 11.1. The van der Waals surface area contributed by atoms with Crippen molar-refractivity contribution in [3.05, 3.63) is 119 Å². The number of ether oxygens (including phenoxy) is 5. The van der Waals surface area contributed by atoms with Gasteiger partial charge >= 0.3 is 11.9 Å². The van der Waals surface area contributed by atoms with E-state index >= 15 is 0 Å². The van der Waals surface area contributed by atoms with E-state index in [0.29, 0.717) is 31.1 Å². The van der Waals surface area contributed by atoms with E-state index in [2.05, 4.69) is 53.8 Å². The van der Waals surface area contributed by atoms with Crippen LogP contribution in [0.25, 0.3) is 11.1 Å². The molecule has 8 heteroatoms. The van der Waals surface area contributed by atoms with Crippen molar-refractivity contribution in [1.29, 1.82) is 0 Å². The third-order valence-electron chi connectivity index (χ3n) is 8.94. The quantitative estimate of drug-likeness (QED) is 0.0806. The third-order valence-corrected chi connectivity index (χ3v) is 8.94. The van der Waals surface area contributed by atoms with Crippen molar-refractivity contribution < 1.29 is 33.3 Å². The number of hydrogen-bond donors (Lipinski definition) is 1. The highest BCUT2D eigenvalue weighted by Gasteiger charge is 2.45. The van der Waals surface area contributed by atoms with Crippen molar-refractivity contribution in [3.63, 3.8) is 0 Å². The molecule has 8 nitrogen and oxygen atoms in total. The van der Waals surface area contributed by atoms with Crippen molar-refractivity contribution >= 4 is 11.9 Å². The van der Waals surface area contributed by atoms with Crippen LogP contribution in [0.15, 0.2) is 97.1 Å². The lowest BCUT2D eigenvalue weighted by Crippen LogP contribution is -2.30. The molecule has 1 saturated heterocycles. The molecule has 48 heavy (non-hydrogen) atoms. The van der Waals surface area contributed by atoms with Crippen LogP contribution in [0, 0.1) is 5.92 Å². The fourth-order valence-corrected chi connectivity index (χ4v) is 6.27. The summed E-state index contributed by atoms with van der Waals surface area (Å²) < 4.78 is 28.4. The smallest absolute Gasteiger partial charge is 0.338 e. The molecule has 4 atom stereocenters. The monoisotopic (exact) mass is 649 g/mol. The van der Waals surface area contributed by atoms with E-state index in [1.165, 1.54) is 23.8 Å². The molecule has 1 saturated carbocycles. The number of carbonyl (C=O) groups excluding carboxylic acids is 2. The Hall–Kier alpha value is -4.66. The average molecular weight is 650 g/mol. The van der Waals surface area contributed by atoms with Crippen molar-refractivity contribution in [2.24, 2.45) is 5.92 Å². The average Bonchev–Trinajstić information content (AvgIpc) is 3.73. The van der Waals surface area contributed by atoms with E-state index in [9.17, 15) is 9.59 Å². The first-order chi connectivity index (χ1) is 23.5. The molecule has 2 aliphatic rings. The summed E-state index contributed by atoms with van der Waals surface area (Å²) in [6.07, 6.45) is 3.62. The summed E-state index contributed by atoms with van der Waals surface area (Å²) in [5.74, 6) is 0.912. The van der Waals surface area contributed by atoms with Gasteiger partial charge in [-0.05, 0) is 91.6 Å². The van der Waals surface area contributed by atoms with Gasteiger partial charge in [0.1, 0.15) is 30.4 Å². The Bertz CT molecular complexity index is 1660. The second-order valence-corrected chi connectivity index (χ2v) is 12.3. The van der Waals surface area contributed by atoms with Crippen LogP contribution in [0.5, 0.6) is 11.5 Å². The van der Waals surface area contributed by atoms with E-state index in [1.807, 2.05) is 42.5 Å². The second kappa shape index (κ2) is 16.0. The molecule has 0 bridgehead atoms. The minimum Gasteiger partial charge on any atom is -0.493 e. The Morgan fingerprint density at radius 1 is 0.854 bits per heavy atom. The SMILES string of the molecule is CCOC(=O)c1ccc(OCCCc2ccc(OCc3ccc(-c4ccccc4)cc3)cc2)c(C2OC2N[C@H]2CC[C@@H](C(=O)OC)C2)c1. The molecule has 0 aromatic heterocycles. The Labute approximate surface area is 282 Å². The number of aryl methyl sites for hydroxylation is 1. The normalized spacial score (nSPS) is 19.8. The number of benzene rings is 4. The number of carbonyl (C=O) groups is 2. The van der Waals surface area contributed by atoms with Gasteiger partial charge in [0, 0.05) is 11.6 Å². The Morgan fingerprint density at radius 3 is 2.35 bits per heavy atom. The zero-order chi connectivity index (χ0) is 33.3. The molecular formula is C40H43NO7. The fraction of sp³-hybridized carbons (Fsp3) is 0.350. The van der Waals surface area contributed by atoms with Crippen LogP contribution >= 0.6 is 0 Å². The zero-order valence-electron chi connectivity index (χ0n) is 27.6. The lowest BCUT2D eigenvalue weighted by Gasteiger charge is -2.13.